The number of rotatable bonds is 5. The van der Waals surface area contributed by atoms with Crippen LogP contribution in [-0.2, 0) is 16.1 Å². The second-order valence-electron chi connectivity index (χ2n) is 6.27. The standard InChI is InChI=1S/C21H23NO2/c1-16-4-2-6-19(12-16)20-7-3-5-18(13-20)14-22-21(23)9-8-17-10-11-24-15-17/h2-9,12-13,17H,10-11,14-15H2,1H3,(H,22,23). The molecule has 1 aliphatic heterocycles. The molecule has 3 rings (SSSR count). The van der Waals surface area contributed by atoms with Crippen LogP contribution in [0.25, 0.3) is 11.1 Å². The summed E-state index contributed by atoms with van der Waals surface area (Å²) in [6.45, 7) is 4.14. The van der Waals surface area contributed by atoms with Gasteiger partial charge in [0.05, 0.1) is 6.61 Å². The maximum Gasteiger partial charge on any atom is 0.243 e. The third-order valence-electron chi connectivity index (χ3n) is 4.23. The minimum Gasteiger partial charge on any atom is -0.381 e. The molecule has 1 fully saturated rings. The zero-order valence-corrected chi connectivity index (χ0v) is 14.0. The fourth-order valence-corrected chi connectivity index (χ4v) is 2.86. The van der Waals surface area contributed by atoms with Gasteiger partial charge < -0.3 is 10.1 Å². The molecule has 24 heavy (non-hydrogen) atoms. The predicted molar refractivity (Wildman–Crippen MR) is 96.5 cm³/mol. The van der Waals surface area contributed by atoms with E-state index in [0.29, 0.717) is 12.5 Å². The molecule has 0 aliphatic carbocycles. The number of ether oxygens (including phenoxy) is 1. The minimum atomic E-state index is -0.0529. The Morgan fingerprint density at radius 2 is 2.00 bits per heavy atom. The van der Waals surface area contributed by atoms with E-state index in [0.717, 1.165) is 25.2 Å². The fraction of sp³-hybridized carbons (Fsp3) is 0.286. The van der Waals surface area contributed by atoms with Gasteiger partial charge >= 0.3 is 0 Å². The van der Waals surface area contributed by atoms with E-state index >= 15 is 0 Å². The maximum atomic E-state index is 11.9. The average Bonchev–Trinajstić information content (AvgIpc) is 3.12. The van der Waals surface area contributed by atoms with Crippen LogP contribution in [0.15, 0.2) is 60.7 Å². The van der Waals surface area contributed by atoms with Gasteiger partial charge in [0.25, 0.3) is 0 Å². The van der Waals surface area contributed by atoms with Gasteiger partial charge in [-0.15, -0.1) is 0 Å². The van der Waals surface area contributed by atoms with Crippen molar-refractivity contribution in [1.82, 2.24) is 5.32 Å². The van der Waals surface area contributed by atoms with E-state index in [4.69, 9.17) is 4.74 Å². The molecule has 1 atom stereocenters. The van der Waals surface area contributed by atoms with Crippen LogP contribution in [0.3, 0.4) is 0 Å². The van der Waals surface area contributed by atoms with E-state index in [1.165, 1.54) is 16.7 Å². The largest absolute Gasteiger partial charge is 0.381 e. The van der Waals surface area contributed by atoms with Gasteiger partial charge in [-0.25, -0.2) is 0 Å². The summed E-state index contributed by atoms with van der Waals surface area (Å²) in [6, 6.07) is 16.7. The SMILES string of the molecule is Cc1cccc(-c2cccc(CNC(=O)C=CC3CCOC3)c2)c1. The van der Waals surface area contributed by atoms with E-state index < -0.39 is 0 Å². The van der Waals surface area contributed by atoms with Crippen LogP contribution in [0.4, 0.5) is 0 Å². The second kappa shape index (κ2) is 7.93. The summed E-state index contributed by atoms with van der Waals surface area (Å²) in [5.41, 5.74) is 4.71. The average molecular weight is 321 g/mol. The van der Waals surface area contributed by atoms with E-state index in [2.05, 4.69) is 48.6 Å². The predicted octanol–water partition coefficient (Wildman–Crippen LogP) is 3.87. The Morgan fingerprint density at radius 1 is 1.21 bits per heavy atom. The summed E-state index contributed by atoms with van der Waals surface area (Å²) in [7, 11) is 0. The Hall–Kier alpha value is -2.39. The summed E-state index contributed by atoms with van der Waals surface area (Å²) in [5, 5.41) is 2.95. The summed E-state index contributed by atoms with van der Waals surface area (Å²) in [5.74, 6) is 0.322. The Morgan fingerprint density at radius 3 is 2.75 bits per heavy atom. The van der Waals surface area contributed by atoms with Gasteiger partial charge in [-0.2, -0.15) is 0 Å². The Balaban J connectivity index is 1.59. The number of amides is 1. The lowest BCUT2D eigenvalue weighted by Crippen LogP contribution is -2.20. The van der Waals surface area contributed by atoms with E-state index in [1.807, 2.05) is 18.2 Å². The molecule has 2 aromatic rings. The lowest BCUT2D eigenvalue weighted by atomic mass is 10.0. The van der Waals surface area contributed by atoms with Gasteiger partial charge in [-0.05, 0) is 42.2 Å². The molecule has 0 saturated carbocycles. The highest BCUT2D eigenvalue weighted by Crippen LogP contribution is 2.21. The van der Waals surface area contributed by atoms with Gasteiger partial charge in [0.1, 0.15) is 0 Å². The quantitative estimate of drug-likeness (QED) is 0.849. The molecule has 0 aromatic heterocycles. The monoisotopic (exact) mass is 321 g/mol. The number of carbonyl (C=O) groups excluding carboxylic acids is 1. The lowest BCUT2D eigenvalue weighted by molar-refractivity contribution is -0.116. The molecule has 0 spiro atoms. The number of benzene rings is 2. The minimum absolute atomic E-state index is 0.0529. The fourth-order valence-electron chi connectivity index (χ4n) is 2.86. The first kappa shape index (κ1) is 16.5. The van der Waals surface area contributed by atoms with Crippen LogP contribution in [0.1, 0.15) is 17.5 Å². The van der Waals surface area contributed by atoms with Crippen LogP contribution in [-0.4, -0.2) is 19.1 Å². The van der Waals surface area contributed by atoms with Crippen molar-refractivity contribution in [2.24, 2.45) is 5.92 Å². The van der Waals surface area contributed by atoms with Crippen LogP contribution in [0, 0.1) is 12.8 Å². The molecule has 1 amide bonds. The zero-order chi connectivity index (χ0) is 16.8. The Bertz CT molecular complexity index is 730. The molecule has 1 unspecified atom stereocenters. The smallest absolute Gasteiger partial charge is 0.243 e. The van der Waals surface area contributed by atoms with Crippen molar-refractivity contribution in [1.29, 1.82) is 0 Å². The Kier molecular flexibility index (Phi) is 5.44. The third kappa shape index (κ3) is 4.56. The maximum absolute atomic E-state index is 11.9. The highest BCUT2D eigenvalue weighted by atomic mass is 16.5. The zero-order valence-electron chi connectivity index (χ0n) is 14.0. The van der Waals surface area contributed by atoms with Crippen LogP contribution < -0.4 is 5.32 Å². The van der Waals surface area contributed by atoms with Crippen molar-refractivity contribution >= 4 is 5.91 Å². The first-order chi connectivity index (χ1) is 11.7. The van der Waals surface area contributed by atoms with Gasteiger partial charge in [0, 0.05) is 19.1 Å². The number of nitrogens with one attached hydrogen (secondary N) is 1. The molecule has 124 valence electrons. The summed E-state index contributed by atoms with van der Waals surface area (Å²) < 4.78 is 5.30. The van der Waals surface area contributed by atoms with Crippen molar-refractivity contribution in [3.8, 4) is 11.1 Å². The van der Waals surface area contributed by atoms with Gasteiger partial charge in [-0.3, -0.25) is 4.79 Å². The number of hydrogen-bond donors (Lipinski definition) is 1. The lowest BCUT2D eigenvalue weighted by Gasteiger charge is -2.07. The van der Waals surface area contributed by atoms with Crippen molar-refractivity contribution in [3.63, 3.8) is 0 Å². The van der Waals surface area contributed by atoms with Crippen LogP contribution in [0.5, 0.6) is 0 Å². The molecule has 1 heterocycles. The van der Waals surface area contributed by atoms with Crippen molar-refractivity contribution in [2.45, 2.75) is 19.9 Å². The molecule has 3 nitrogen and oxygen atoms in total. The van der Waals surface area contributed by atoms with E-state index in [-0.39, 0.29) is 5.91 Å². The first-order valence-corrected chi connectivity index (χ1v) is 8.40. The second-order valence-corrected chi connectivity index (χ2v) is 6.27. The molecule has 2 aromatic carbocycles. The molecule has 0 bridgehead atoms. The van der Waals surface area contributed by atoms with Gasteiger partial charge in [0.15, 0.2) is 0 Å². The summed E-state index contributed by atoms with van der Waals surface area (Å²) in [4.78, 5) is 11.9. The van der Waals surface area contributed by atoms with Crippen molar-refractivity contribution in [3.05, 3.63) is 71.8 Å². The molecule has 1 N–H and O–H groups in total. The van der Waals surface area contributed by atoms with Crippen LogP contribution in [0.2, 0.25) is 0 Å². The summed E-state index contributed by atoms with van der Waals surface area (Å²) >= 11 is 0. The molecular formula is C21H23NO2. The molecule has 3 heteroatoms. The molecule has 1 saturated heterocycles. The highest BCUT2D eigenvalue weighted by Gasteiger charge is 2.12. The van der Waals surface area contributed by atoms with Crippen molar-refractivity contribution in [2.75, 3.05) is 13.2 Å². The van der Waals surface area contributed by atoms with Crippen molar-refractivity contribution < 1.29 is 9.53 Å². The van der Waals surface area contributed by atoms with E-state index in [9.17, 15) is 4.79 Å². The van der Waals surface area contributed by atoms with Crippen LogP contribution >= 0.6 is 0 Å². The normalized spacial score (nSPS) is 17.3. The number of hydrogen-bond acceptors (Lipinski definition) is 2. The van der Waals surface area contributed by atoms with Gasteiger partial charge in [-0.1, -0.05) is 54.1 Å². The Labute approximate surface area is 143 Å². The number of aryl methyl sites for hydroxylation is 1. The highest BCUT2D eigenvalue weighted by molar-refractivity contribution is 5.87. The third-order valence-corrected chi connectivity index (χ3v) is 4.23. The molecule has 0 radical (unpaired) electrons. The summed E-state index contributed by atoms with van der Waals surface area (Å²) in [6.07, 6.45) is 4.58. The molecule has 1 aliphatic rings. The first-order valence-electron chi connectivity index (χ1n) is 8.40. The van der Waals surface area contributed by atoms with E-state index in [1.54, 1.807) is 6.08 Å². The number of carbonyl (C=O) groups is 1. The topological polar surface area (TPSA) is 38.3 Å². The van der Waals surface area contributed by atoms with Gasteiger partial charge in [0.2, 0.25) is 5.91 Å². The molecular weight excluding hydrogens is 298 g/mol.